The molecule has 1 atom stereocenters. The number of fused-ring (bicyclic) bond motifs is 1. The first kappa shape index (κ1) is 13.7. The first-order valence-corrected chi connectivity index (χ1v) is 7.66. The van der Waals surface area contributed by atoms with Crippen LogP contribution in [0.2, 0.25) is 5.02 Å². The molecule has 0 amide bonds. The van der Waals surface area contributed by atoms with E-state index in [2.05, 4.69) is 48.6 Å². The summed E-state index contributed by atoms with van der Waals surface area (Å²) in [5, 5.41) is 4.61. The Kier molecular flexibility index (Phi) is 4.09. The molecule has 0 saturated heterocycles. The number of benzene rings is 2. The van der Waals surface area contributed by atoms with Gasteiger partial charge in [0.05, 0.1) is 0 Å². The molecule has 1 nitrogen and oxygen atoms in total. The normalized spacial score (nSPS) is 16.1. The van der Waals surface area contributed by atoms with Crippen LogP contribution in [0.1, 0.15) is 23.6 Å². The molecule has 20 heavy (non-hydrogen) atoms. The van der Waals surface area contributed by atoms with Crippen molar-refractivity contribution in [3.8, 4) is 0 Å². The molecule has 0 radical (unpaired) electrons. The average Bonchev–Trinajstić information content (AvgIpc) is 2.83. The minimum atomic E-state index is 0.439. The fraction of sp³-hybridized carbons (Fsp3) is 0.333. The smallest absolute Gasteiger partial charge is 0.0438 e. The Labute approximate surface area is 126 Å². The molecule has 0 aromatic heterocycles. The molecular weight excluding hydrogens is 266 g/mol. The van der Waals surface area contributed by atoms with Crippen molar-refractivity contribution in [3.05, 3.63) is 70.2 Å². The monoisotopic (exact) mass is 285 g/mol. The maximum atomic E-state index is 6.23. The lowest BCUT2D eigenvalue weighted by Crippen LogP contribution is -2.38. The molecule has 0 aliphatic heterocycles. The Morgan fingerprint density at radius 1 is 1.05 bits per heavy atom. The van der Waals surface area contributed by atoms with E-state index in [1.165, 1.54) is 16.7 Å². The average molecular weight is 286 g/mol. The zero-order chi connectivity index (χ0) is 13.9. The second-order valence-corrected chi connectivity index (χ2v) is 6.14. The molecule has 1 unspecified atom stereocenters. The summed E-state index contributed by atoms with van der Waals surface area (Å²) in [6, 6.07) is 17.9. The second-order valence-electron chi connectivity index (χ2n) is 5.74. The van der Waals surface area contributed by atoms with Crippen molar-refractivity contribution in [2.24, 2.45) is 0 Å². The summed E-state index contributed by atoms with van der Waals surface area (Å²) in [5.74, 6) is 0. The fourth-order valence-corrected chi connectivity index (χ4v) is 3.34. The summed E-state index contributed by atoms with van der Waals surface area (Å²) in [6.07, 6.45) is 3.26. The number of halogens is 1. The molecule has 0 fully saturated rings. The van der Waals surface area contributed by atoms with Crippen LogP contribution < -0.4 is 5.32 Å². The van der Waals surface area contributed by atoms with Crippen molar-refractivity contribution in [1.82, 2.24) is 5.32 Å². The highest BCUT2D eigenvalue weighted by molar-refractivity contribution is 6.31. The standard InChI is InChI=1S/C18H20ClN/c1-13(10-16-8-4-5-9-18(16)19)20-17-11-14-6-2-3-7-15(14)12-17/h2-9,13,17,20H,10-12H2,1H3. The molecule has 2 aromatic rings. The van der Waals surface area contributed by atoms with Crippen LogP contribution in [0, 0.1) is 0 Å². The molecule has 3 rings (SSSR count). The van der Waals surface area contributed by atoms with E-state index in [1.54, 1.807) is 0 Å². The van der Waals surface area contributed by atoms with Gasteiger partial charge in [0.1, 0.15) is 0 Å². The molecule has 2 aromatic carbocycles. The van der Waals surface area contributed by atoms with Gasteiger partial charge < -0.3 is 5.32 Å². The van der Waals surface area contributed by atoms with Crippen molar-refractivity contribution in [3.63, 3.8) is 0 Å². The Morgan fingerprint density at radius 2 is 1.65 bits per heavy atom. The number of rotatable bonds is 4. The van der Waals surface area contributed by atoms with Gasteiger partial charge in [-0.25, -0.2) is 0 Å². The largest absolute Gasteiger partial charge is 0.311 e. The molecule has 1 aliphatic carbocycles. The topological polar surface area (TPSA) is 12.0 Å². The maximum Gasteiger partial charge on any atom is 0.0438 e. The summed E-state index contributed by atoms with van der Waals surface area (Å²) in [5.41, 5.74) is 4.22. The molecule has 0 heterocycles. The molecule has 0 bridgehead atoms. The lowest BCUT2D eigenvalue weighted by Gasteiger charge is -2.19. The van der Waals surface area contributed by atoms with E-state index in [-0.39, 0.29) is 0 Å². The second kappa shape index (κ2) is 5.99. The van der Waals surface area contributed by atoms with Gasteiger partial charge in [0.15, 0.2) is 0 Å². The van der Waals surface area contributed by atoms with E-state index in [0.717, 1.165) is 24.3 Å². The maximum absolute atomic E-state index is 6.23. The van der Waals surface area contributed by atoms with Crippen molar-refractivity contribution >= 4 is 11.6 Å². The third kappa shape index (κ3) is 3.05. The third-order valence-corrected chi connectivity index (χ3v) is 4.42. The Balaban J connectivity index is 1.59. The van der Waals surface area contributed by atoms with E-state index >= 15 is 0 Å². The zero-order valence-corrected chi connectivity index (χ0v) is 12.5. The molecule has 0 saturated carbocycles. The van der Waals surface area contributed by atoms with Crippen LogP contribution in [-0.4, -0.2) is 12.1 Å². The van der Waals surface area contributed by atoms with Gasteiger partial charge in [0.25, 0.3) is 0 Å². The summed E-state index contributed by atoms with van der Waals surface area (Å²) < 4.78 is 0. The Bertz CT molecular complexity index is 568. The molecule has 1 aliphatic rings. The van der Waals surface area contributed by atoms with Gasteiger partial charge in [-0.1, -0.05) is 54.1 Å². The van der Waals surface area contributed by atoms with E-state index < -0.39 is 0 Å². The SMILES string of the molecule is CC(Cc1ccccc1Cl)NC1Cc2ccccc2C1. The number of nitrogens with one attached hydrogen (secondary N) is 1. The molecule has 0 spiro atoms. The van der Waals surface area contributed by atoms with Crippen molar-refractivity contribution < 1.29 is 0 Å². The quantitative estimate of drug-likeness (QED) is 0.894. The van der Waals surface area contributed by atoms with Gasteiger partial charge in [-0.2, -0.15) is 0 Å². The van der Waals surface area contributed by atoms with Crippen molar-refractivity contribution in [2.45, 2.75) is 38.3 Å². The zero-order valence-electron chi connectivity index (χ0n) is 11.8. The van der Waals surface area contributed by atoms with Crippen molar-refractivity contribution in [1.29, 1.82) is 0 Å². The summed E-state index contributed by atoms with van der Waals surface area (Å²) in [7, 11) is 0. The van der Waals surface area contributed by atoms with Gasteiger partial charge in [-0.3, -0.25) is 0 Å². The minimum Gasteiger partial charge on any atom is -0.311 e. The summed E-state index contributed by atoms with van der Waals surface area (Å²) in [4.78, 5) is 0. The lowest BCUT2D eigenvalue weighted by atomic mass is 10.1. The van der Waals surface area contributed by atoms with Gasteiger partial charge in [-0.05, 0) is 48.9 Å². The van der Waals surface area contributed by atoms with E-state index in [1.807, 2.05) is 12.1 Å². The molecule has 2 heteroatoms. The Morgan fingerprint density at radius 3 is 2.30 bits per heavy atom. The van der Waals surface area contributed by atoms with Crippen molar-refractivity contribution in [2.75, 3.05) is 0 Å². The van der Waals surface area contributed by atoms with Gasteiger partial charge in [0.2, 0.25) is 0 Å². The molecule has 1 N–H and O–H groups in total. The van der Waals surface area contributed by atoms with Crippen LogP contribution in [0.25, 0.3) is 0 Å². The van der Waals surface area contributed by atoms with E-state index in [0.29, 0.717) is 12.1 Å². The van der Waals surface area contributed by atoms with Gasteiger partial charge in [-0.15, -0.1) is 0 Å². The molecular formula is C18H20ClN. The van der Waals surface area contributed by atoms with Crippen LogP contribution >= 0.6 is 11.6 Å². The van der Waals surface area contributed by atoms with Gasteiger partial charge >= 0.3 is 0 Å². The Hall–Kier alpha value is -1.31. The predicted molar refractivity (Wildman–Crippen MR) is 85.4 cm³/mol. The van der Waals surface area contributed by atoms with Crippen LogP contribution in [0.15, 0.2) is 48.5 Å². The highest BCUT2D eigenvalue weighted by Crippen LogP contribution is 2.23. The fourth-order valence-electron chi connectivity index (χ4n) is 3.13. The number of hydrogen-bond donors (Lipinski definition) is 1. The summed E-state index contributed by atoms with van der Waals surface area (Å²) in [6.45, 7) is 2.24. The summed E-state index contributed by atoms with van der Waals surface area (Å²) >= 11 is 6.23. The van der Waals surface area contributed by atoms with Crippen LogP contribution in [-0.2, 0) is 19.3 Å². The van der Waals surface area contributed by atoms with E-state index in [4.69, 9.17) is 11.6 Å². The lowest BCUT2D eigenvalue weighted by molar-refractivity contribution is 0.454. The van der Waals surface area contributed by atoms with Crippen LogP contribution in [0.5, 0.6) is 0 Å². The predicted octanol–water partition coefficient (Wildman–Crippen LogP) is 4.03. The number of hydrogen-bond acceptors (Lipinski definition) is 1. The van der Waals surface area contributed by atoms with Crippen LogP contribution in [0.4, 0.5) is 0 Å². The third-order valence-electron chi connectivity index (χ3n) is 4.06. The first-order valence-electron chi connectivity index (χ1n) is 7.28. The van der Waals surface area contributed by atoms with Crippen LogP contribution in [0.3, 0.4) is 0 Å². The van der Waals surface area contributed by atoms with E-state index in [9.17, 15) is 0 Å². The van der Waals surface area contributed by atoms with Gasteiger partial charge in [0, 0.05) is 17.1 Å². The highest BCUT2D eigenvalue weighted by atomic mass is 35.5. The highest BCUT2D eigenvalue weighted by Gasteiger charge is 2.22. The molecule has 104 valence electrons. The minimum absolute atomic E-state index is 0.439. The first-order chi connectivity index (χ1) is 9.72.